The molecule has 0 atom stereocenters. The fraction of sp³-hybridized carbons (Fsp3) is 0.174. The predicted octanol–water partition coefficient (Wildman–Crippen LogP) is 5.87. The van der Waals surface area contributed by atoms with E-state index in [0.29, 0.717) is 40.9 Å². The minimum Gasteiger partial charge on any atom is -0.457 e. The Bertz CT molecular complexity index is 1300. The lowest BCUT2D eigenvalue weighted by molar-refractivity contribution is -0.137. The van der Waals surface area contributed by atoms with Crippen LogP contribution in [0.1, 0.15) is 18.9 Å². The van der Waals surface area contributed by atoms with Crippen molar-refractivity contribution in [3.8, 4) is 11.5 Å². The van der Waals surface area contributed by atoms with Crippen molar-refractivity contribution < 1.29 is 22.7 Å². The quantitative estimate of drug-likeness (QED) is 0.380. The molecule has 10 heteroatoms. The zero-order valence-corrected chi connectivity index (χ0v) is 17.8. The highest BCUT2D eigenvalue weighted by Gasteiger charge is 2.30. The molecule has 7 nitrogen and oxygen atoms in total. The Balaban J connectivity index is 1.53. The second kappa shape index (κ2) is 8.81. The van der Waals surface area contributed by atoms with Crippen LogP contribution in [-0.2, 0) is 18.0 Å². The van der Waals surface area contributed by atoms with E-state index in [0.717, 1.165) is 17.6 Å². The normalized spacial score (nSPS) is 11.4. The van der Waals surface area contributed by atoms with Gasteiger partial charge in [0.2, 0.25) is 11.9 Å². The van der Waals surface area contributed by atoms with Gasteiger partial charge in [-0.2, -0.15) is 13.2 Å². The monoisotopic (exact) mass is 455 g/mol. The Labute approximate surface area is 187 Å². The lowest BCUT2D eigenvalue weighted by atomic mass is 10.2. The Morgan fingerprint density at radius 1 is 1.06 bits per heavy atom. The molecule has 0 aliphatic heterocycles. The molecule has 0 spiro atoms. The molecule has 2 aromatic heterocycles. The fourth-order valence-electron chi connectivity index (χ4n) is 3.14. The Morgan fingerprint density at radius 3 is 2.48 bits per heavy atom. The minimum atomic E-state index is -4.38. The number of carbonyl (C=O) groups is 1. The van der Waals surface area contributed by atoms with Crippen LogP contribution < -0.4 is 15.4 Å². The maximum atomic E-state index is 12.8. The van der Waals surface area contributed by atoms with Gasteiger partial charge in [-0.3, -0.25) is 4.79 Å². The SMILES string of the molecule is CCC(=O)Nc1cc(Oc2ccc3c(c2)nc(Nc2ccc(C(F)(F)F)cc2)n3C)ccn1. The van der Waals surface area contributed by atoms with Gasteiger partial charge in [0.1, 0.15) is 17.3 Å². The first kappa shape index (κ1) is 22.1. The van der Waals surface area contributed by atoms with Crippen LogP contribution in [0.25, 0.3) is 11.0 Å². The molecule has 0 radical (unpaired) electrons. The van der Waals surface area contributed by atoms with Gasteiger partial charge in [0, 0.05) is 37.5 Å². The average molecular weight is 455 g/mol. The summed E-state index contributed by atoms with van der Waals surface area (Å²) in [6.45, 7) is 1.75. The molecule has 33 heavy (non-hydrogen) atoms. The number of hydrogen-bond acceptors (Lipinski definition) is 5. The molecular weight excluding hydrogens is 435 g/mol. The first-order valence-electron chi connectivity index (χ1n) is 10.1. The van der Waals surface area contributed by atoms with Gasteiger partial charge in [0.05, 0.1) is 16.6 Å². The van der Waals surface area contributed by atoms with Gasteiger partial charge in [0.25, 0.3) is 0 Å². The van der Waals surface area contributed by atoms with Crippen LogP contribution in [0.5, 0.6) is 11.5 Å². The minimum absolute atomic E-state index is 0.150. The third-order valence-electron chi connectivity index (χ3n) is 4.88. The zero-order chi connectivity index (χ0) is 23.6. The van der Waals surface area contributed by atoms with Gasteiger partial charge in [-0.15, -0.1) is 0 Å². The summed E-state index contributed by atoms with van der Waals surface area (Å²) in [7, 11) is 1.80. The highest BCUT2D eigenvalue weighted by molar-refractivity contribution is 5.89. The third kappa shape index (κ3) is 5.05. The first-order valence-corrected chi connectivity index (χ1v) is 10.1. The molecule has 4 rings (SSSR count). The number of carbonyl (C=O) groups excluding carboxylic acids is 1. The number of nitrogens with zero attached hydrogens (tertiary/aromatic N) is 3. The van der Waals surface area contributed by atoms with E-state index in [1.54, 1.807) is 42.8 Å². The number of aromatic nitrogens is 3. The van der Waals surface area contributed by atoms with Gasteiger partial charge in [-0.1, -0.05) is 6.92 Å². The first-order chi connectivity index (χ1) is 15.7. The molecular formula is C23H20F3N5O2. The third-order valence-corrected chi connectivity index (χ3v) is 4.88. The number of hydrogen-bond donors (Lipinski definition) is 2. The molecule has 0 saturated carbocycles. The molecule has 0 aliphatic rings. The Morgan fingerprint density at radius 2 is 1.79 bits per heavy atom. The molecule has 1 amide bonds. The topological polar surface area (TPSA) is 81.1 Å². The zero-order valence-electron chi connectivity index (χ0n) is 17.8. The summed E-state index contributed by atoms with van der Waals surface area (Å²) in [4.78, 5) is 20.2. The fourth-order valence-corrected chi connectivity index (χ4v) is 3.14. The average Bonchev–Trinajstić information content (AvgIpc) is 3.08. The van der Waals surface area contributed by atoms with E-state index in [1.165, 1.54) is 18.3 Å². The van der Waals surface area contributed by atoms with Crippen LogP contribution in [-0.4, -0.2) is 20.4 Å². The lowest BCUT2D eigenvalue weighted by Gasteiger charge is -2.09. The summed E-state index contributed by atoms with van der Waals surface area (Å²) < 4.78 is 46.0. The number of nitrogens with one attached hydrogen (secondary N) is 2. The number of pyridine rings is 1. The highest BCUT2D eigenvalue weighted by atomic mass is 19.4. The molecule has 0 saturated heterocycles. The van der Waals surface area contributed by atoms with Crippen molar-refractivity contribution >= 4 is 34.4 Å². The molecule has 2 N–H and O–H groups in total. The number of imidazole rings is 1. The van der Waals surface area contributed by atoms with Crippen molar-refractivity contribution in [2.75, 3.05) is 10.6 Å². The van der Waals surface area contributed by atoms with Crippen LogP contribution in [0.15, 0.2) is 60.8 Å². The number of halogens is 3. The van der Waals surface area contributed by atoms with Gasteiger partial charge < -0.3 is 19.9 Å². The van der Waals surface area contributed by atoms with Crippen LogP contribution in [0.4, 0.5) is 30.6 Å². The largest absolute Gasteiger partial charge is 0.457 e. The number of anilines is 3. The number of aryl methyl sites for hydroxylation is 1. The number of amides is 1. The smallest absolute Gasteiger partial charge is 0.416 e. The lowest BCUT2D eigenvalue weighted by Crippen LogP contribution is -2.10. The summed E-state index contributed by atoms with van der Waals surface area (Å²) >= 11 is 0. The maximum absolute atomic E-state index is 12.8. The molecule has 2 heterocycles. The van der Waals surface area contributed by atoms with E-state index in [4.69, 9.17) is 4.74 Å². The van der Waals surface area contributed by atoms with E-state index < -0.39 is 11.7 Å². The van der Waals surface area contributed by atoms with Crippen LogP contribution in [0.2, 0.25) is 0 Å². The second-order valence-electron chi connectivity index (χ2n) is 7.23. The van der Waals surface area contributed by atoms with Crippen molar-refractivity contribution in [1.29, 1.82) is 0 Å². The van der Waals surface area contributed by atoms with E-state index in [-0.39, 0.29) is 5.91 Å². The van der Waals surface area contributed by atoms with E-state index >= 15 is 0 Å². The maximum Gasteiger partial charge on any atom is 0.416 e. The molecule has 0 bridgehead atoms. The van der Waals surface area contributed by atoms with Crippen LogP contribution in [0.3, 0.4) is 0 Å². The molecule has 0 unspecified atom stereocenters. The molecule has 0 aliphatic carbocycles. The number of ether oxygens (including phenoxy) is 1. The molecule has 4 aromatic rings. The second-order valence-corrected chi connectivity index (χ2v) is 7.23. The van der Waals surface area contributed by atoms with Crippen molar-refractivity contribution in [2.24, 2.45) is 7.05 Å². The molecule has 0 fully saturated rings. The van der Waals surface area contributed by atoms with Crippen LogP contribution >= 0.6 is 0 Å². The van der Waals surface area contributed by atoms with Crippen molar-refractivity contribution in [3.63, 3.8) is 0 Å². The number of fused-ring (bicyclic) bond motifs is 1. The van der Waals surface area contributed by atoms with Gasteiger partial charge >= 0.3 is 6.18 Å². The summed E-state index contributed by atoms with van der Waals surface area (Å²) in [5.41, 5.74) is 1.21. The summed E-state index contributed by atoms with van der Waals surface area (Å²) in [6.07, 6.45) is -2.51. The van der Waals surface area contributed by atoms with Crippen molar-refractivity contribution in [2.45, 2.75) is 19.5 Å². The number of rotatable bonds is 6. The highest BCUT2D eigenvalue weighted by Crippen LogP contribution is 2.31. The predicted molar refractivity (Wildman–Crippen MR) is 119 cm³/mol. The summed E-state index contributed by atoms with van der Waals surface area (Å²) in [5.74, 6) is 1.73. The summed E-state index contributed by atoms with van der Waals surface area (Å²) in [5, 5.41) is 5.71. The van der Waals surface area contributed by atoms with Gasteiger partial charge in [0.15, 0.2) is 0 Å². The van der Waals surface area contributed by atoms with Gasteiger partial charge in [-0.05, 0) is 42.5 Å². The Kier molecular flexibility index (Phi) is 5.91. The van der Waals surface area contributed by atoms with Crippen LogP contribution in [0, 0.1) is 0 Å². The number of benzene rings is 2. The van der Waals surface area contributed by atoms with E-state index in [2.05, 4.69) is 20.6 Å². The van der Waals surface area contributed by atoms with E-state index in [9.17, 15) is 18.0 Å². The van der Waals surface area contributed by atoms with E-state index in [1.807, 2.05) is 6.07 Å². The van der Waals surface area contributed by atoms with Crippen molar-refractivity contribution in [1.82, 2.24) is 14.5 Å². The number of alkyl halides is 3. The van der Waals surface area contributed by atoms with Crippen molar-refractivity contribution in [3.05, 3.63) is 66.4 Å². The Hall–Kier alpha value is -4.08. The molecule has 170 valence electrons. The molecule has 2 aromatic carbocycles. The van der Waals surface area contributed by atoms with Gasteiger partial charge in [-0.25, -0.2) is 9.97 Å². The standard InChI is InChI=1S/C23H20F3N5O2/c1-3-21(32)30-20-13-17(10-11-27-20)33-16-8-9-19-18(12-16)29-22(31(19)2)28-15-6-4-14(5-7-15)23(24,25)26/h4-13H,3H2,1-2H3,(H,28,29)(H,27,30,32). The summed E-state index contributed by atoms with van der Waals surface area (Å²) in [6, 6.07) is 13.4.